The molecule has 0 radical (unpaired) electrons. The molecule has 162 valence electrons. The van der Waals surface area contributed by atoms with E-state index in [0.29, 0.717) is 11.3 Å². The lowest BCUT2D eigenvalue weighted by Gasteiger charge is -2.37. The quantitative estimate of drug-likeness (QED) is 0.813. The largest absolute Gasteiger partial charge is 0.396 e. The first-order valence-electron chi connectivity index (χ1n) is 10.4. The average Bonchev–Trinajstić information content (AvgIpc) is 3.00. The monoisotopic (exact) mass is 421 g/mol. The summed E-state index contributed by atoms with van der Waals surface area (Å²) in [6.45, 7) is 1.51. The second kappa shape index (κ2) is 8.15. The number of carbonyl (C=O) groups is 2. The van der Waals surface area contributed by atoms with Crippen LogP contribution in [-0.4, -0.2) is 58.0 Å². The number of rotatable bonds is 4. The Morgan fingerprint density at radius 1 is 1.13 bits per heavy atom. The third-order valence-electron chi connectivity index (χ3n) is 6.42. The van der Waals surface area contributed by atoms with E-state index >= 15 is 0 Å². The maximum Gasteiger partial charge on any atom is 0.258 e. The Morgan fingerprint density at radius 2 is 1.84 bits per heavy atom. The van der Waals surface area contributed by atoms with Gasteiger partial charge in [0.15, 0.2) is 0 Å². The standard InChI is InChI=1S/C24H27N3O4/c1-15(29)27-20-13-26-19(22(27)21(18(20)14-28)24(31)25(2)3)12-11-17(23(26)30)10-9-16-7-5-4-6-8-16/h4-12,18,20-22,28H,13-14H2,1-3H3/t18-,20-,21+,22+/m0/s1. The number of amides is 2. The predicted octanol–water partition coefficient (Wildman–Crippen LogP) is 1.62. The van der Waals surface area contributed by atoms with Gasteiger partial charge in [-0.05, 0) is 23.8 Å². The average molecular weight is 421 g/mol. The van der Waals surface area contributed by atoms with Gasteiger partial charge in [0.25, 0.3) is 5.56 Å². The van der Waals surface area contributed by atoms with Crippen molar-refractivity contribution in [1.29, 1.82) is 0 Å². The smallest absolute Gasteiger partial charge is 0.258 e. The molecular weight excluding hydrogens is 394 g/mol. The van der Waals surface area contributed by atoms with E-state index in [1.165, 1.54) is 11.8 Å². The van der Waals surface area contributed by atoms with E-state index in [1.807, 2.05) is 42.5 Å². The Morgan fingerprint density at radius 3 is 2.45 bits per heavy atom. The van der Waals surface area contributed by atoms with Crippen LogP contribution in [0, 0.1) is 11.8 Å². The Hall–Kier alpha value is -3.19. The fourth-order valence-electron chi connectivity index (χ4n) is 5.01. The molecule has 7 nitrogen and oxygen atoms in total. The number of hydrogen-bond acceptors (Lipinski definition) is 4. The van der Waals surface area contributed by atoms with Gasteiger partial charge in [0.05, 0.1) is 18.0 Å². The molecule has 2 aliphatic heterocycles. The molecule has 4 atom stereocenters. The molecule has 2 aromatic rings. The van der Waals surface area contributed by atoms with Gasteiger partial charge in [-0.3, -0.25) is 14.4 Å². The van der Waals surface area contributed by atoms with Gasteiger partial charge >= 0.3 is 0 Å². The van der Waals surface area contributed by atoms with Gasteiger partial charge in [0, 0.05) is 51.3 Å². The highest BCUT2D eigenvalue weighted by atomic mass is 16.3. The summed E-state index contributed by atoms with van der Waals surface area (Å²) < 4.78 is 1.67. The van der Waals surface area contributed by atoms with E-state index in [1.54, 1.807) is 35.7 Å². The zero-order valence-electron chi connectivity index (χ0n) is 17.9. The molecule has 0 spiro atoms. The predicted molar refractivity (Wildman–Crippen MR) is 118 cm³/mol. The third-order valence-corrected chi connectivity index (χ3v) is 6.42. The van der Waals surface area contributed by atoms with Gasteiger partial charge in [0.1, 0.15) is 0 Å². The lowest BCUT2D eigenvalue weighted by atomic mass is 9.86. The Balaban J connectivity index is 1.80. The van der Waals surface area contributed by atoms with E-state index in [-0.39, 0.29) is 30.5 Å². The minimum absolute atomic E-state index is 0.147. The molecule has 0 aliphatic carbocycles. The highest BCUT2D eigenvalue weighted by Gasteiger charge is 2.57. The summed E-state index contributed by atoms with van der Waals surface area (Å²) in [6.07, 6.45) is 3.67. The first-order chi connectivity index (χ1) is 14.8. The minimum Gasteiger partial charge on any atom is -0.396 e. The normalized spacial score (nSPS) is 24.3. The summed E-state index contributed by atoms with van der Waals surface area (Å²) in [6, 6.07) is 12.3. The van der Waals surface area contributed by atoms with Crippen molar-refractivity contribution in [2.45, 2.75) is 25.6 Å². The van der Waals surface area contributed by atoms with Crippen molar-refractivity contribution in [2.75, 3.05) is 20.7 Å². The van der Waals surface area contributed by atoms with Crippen LogP contribution in [0.2, 0.25) is 0 Å². The lowest BCUT2D eigenvalue weighted by molar-refractivity contribution is -0.137. The highest BCUT2D eigenvalue weighted by Crippen LogP contribution is 2.48. The van der Waals surface area contributed by atoms with Crippen LogP contribution in [0.1, 0.15) is 29.8 Å². The molecule has 3 heterocycles. The number of aliphatic hydroxyl groups excluding tert-OH is 1. The number of aromatic nitrogens is 1. The summed E-state index contributed by atoms with van der Waals surface area (Å²) in [5, 5.41) is 10.1. The molecule has 1 aromatic carbocycles. The van der Waals surface area contributed by atoms with E-state index in [2.05, 4.69) is 0 Å². The number of hydrogen-bond donors (Lipinski definition) is 1. The zero-order valence-corrected chi connectivity index (χ0v) is 17.9. The van der Waals surface area contributed by atoms with E-state index in [4.69, 9.17) is 0 Å². The molecule has 1 fully saturated rings. The topological polar surface area (TPSA) is 82.9 Å². The Kier molecular flexibility index (Phi) is 5.54. The van der Waals surface area contributed by atoms with E-state index in [0.717, 1.165) is 5.56 Å². The van der Waals surface area contributed by atoms with Gasteiger partial charge < -0.3 is 19.5 Å². The second-order valence-electron chi connectivity index (χ2n) is 8.42. The molecule has 1 aromatic heterocycles. The molecule has 2 bridgehead atoms. The maximum absolute atomic E-state index is 13.3. The van der Waals surface area contributed by atoms with Crippen LogP contribution in [0.25, 0.3) is 12.2 Å². The number of benzene rings is 1. The molecule has 0 unspecified atom stereocenters. The summed E-state index contributed by atoms with van der Waals surface area (Å²) in [5.74, 6) is -1.32. The van der Waals surface area contributed by atoms with Crippen LogP contribution in [0.15, 0.2) is 47.3 Å². The number of pyridine rings is 1. The second-order valence-corrected chi connectivity index (χ2v) is 8.42. The van der Waals surface area contributed by atoms with Crippen LogP contribution in [0.5, 0.6) is 0 Å². The number of fused-ring (bicyclic) bond motifs is 4. The summed E-state index contributed by atoms with van der Waals surface area (Å²) in [5.41, 5.74) is 2.02. The van der Waals surface area contributed by atoms with Crippen molar-refractivity contribution in [3.05, 3.63) is 69.6 Å². The molecule has 31 heavy (non-hydrogen) atoms. The van der Waals surface area contributed by atoms with Gasteiger partial charge in [-0.15, -0.1) is 0 Å². The van der Waals surface area contributed by atoms with Crippen LogP contribution >= 0.6 is 0 Å². The van der Waals surface area contributed by atoms with Crippen molar-refractivity contribution in [2.24, 2.45) is 11.8 Å². The van der Waals surface area contributed by atoms with Gasteiger partial charge in [-0.1, -0.05) is 36.4 Å². The summed E-state index contributed by atoms with van der Waals surface area (Å²) in [7, 11) is 3.34. The molecule has 1 N–H and O–H groups in total. The summed E-state index contributed by atoms with van der Waals surface area (Å²) >= 11 is 0. The van der Waals surface area contributed by atoms with Gasteiger partial charge in [-0.25, -0.2) is 0 Å². The fourth-order valence-corrected chi connectivity index (χ4v) is 5.01. The molecule has 0 saturated carbocycles. The first kappa shape index (κ1) is 21.1. The summed E-state index contributed by atoms with van der Waals surface area (Å²) in [4.78, 5) is 42.0. The Labute approximate surface area is 181 Å². The van der Waals surface area contributed by atoms with E-state index < -0.39 is 23.9 Å². The van der Waals surface area contributed by atoms with Gasteiger partial charge in [0.2, 0.25) is 11.8 Å². The fraction of sp³-hybridized carbons (Fsp3) is 0.375. The van der Waals surface area contributed by atoms with Crippen molar-refractivity contribution in [3.8, 4) is 0 Å². The Bertz CT molecular complexity index is 1090. The molecule has 1 saturated heterocycles. The van der Waals surface area contributed by atoms with Gasteiger partial charge in [-0.2, -0.15) is 0 Å². The zero-order chi connectivity index (χ0) is 22.3. The van der Waals surface area contributed by atoms with Crippen LogP contribution in [-0.2, 0) is 16.1 Å². The minimum atomic E-state index is -0.590. The van der Waals surface area contributed by atoms with Crippen LogP contribution < -0.4 is 5.56 Å². The first-order valence-corrected chi connectivity index (χ1v) is 10.4. The lowest BCUT2D eigenvalue weighted by Crippen LogP contribution is -2.48. The SMILES string of the molecule is CC(=O)N1[C@@H]2c3ccc(C=Cc4ccccc4)c(=O)n3C[C@H]1[C@H](CO)[C@H]2C(=O)N(C)C. The highest BCUT2D eigenvalue weighted by molar-refractivity contribution is 5.83. The van der Waals surface area contributed by atoms with E-state index in [9.17, 15) is 19.5 Å². The van der Waals surface area contributed by atoms with Crippen LogP contribution in [0.4, 0.5) is 0 Å². The van der Waals surface area contributed by atoms with Crippen molar-refractivity contribution in [3.63, 3.8) is 0 Å². The van der Waals surface area contributed by atoms with Crippen molar-refractivity contribution in [1.82, 2.24) is 14.4 Å². The molecule has 4 rings (SSSR count). The molecule has 7 heteroatoms. The van der Waals surface area contributed by atoms with Crippen LogP contribution in [0.3, 0.4) is 0 Å². The molecule has 2 aliphatic rings. The third kappa shape index (κ3) is 3.49. The van der Waals surface area contributed by atoms with Crippen molar-refractivity contribution >= 4 is 24.0 Å². The molecular formula is C24H27N3O4. The van der Waals surface area contributed by atoms with Crippen molar-refractivity contribution < 1.29 is 14.7 Å². The number of aliphatic hydroxyl groups is 1. The maximum atomic E-state index is 13.3. The molecule has 2 amide bonds. The number of carbonyl (C=O) groups excluding carboxylic acids is 2. The number of nitrogens with zero attached hydrogens (tertiary/aromatic N) is 3.